The SMILES string of the molecule is COc1cc(/C=C2\C(=N)N3N=CSC3=NC2=O)cc(OC)c1OCCOc1ccc(C)cc1. The van der Waals surface area contributed by atoms with Crippen molar-refractivity contribution in [1.82, 2.24) is 5.01 Å². The van der Waals surface area contributed by atoms with Gasteiger partial charge in [-0.05, 0) is 54.6 Å². The van der Waals surface area contributed by atoms with E-state index >= 15 is 0 Å². The highest BCUT2D eigenvalue weighted by molar-refractivity contribution is 8.25. The van der Waals surface area contributed by atoms with Crippen LogP contribution in [0.3, 0.4) is 0 Å². The number of benzene rings is 2. The summed E-state index contributed by atoms with van der Waals surface area (Å²) in [6.07, 6.45) is 1.55. The van der Waals surface area contributed by atoms with Crippen molar-refractivity contribution in [3.8, 4) is 23.0 Å². The number of amidine groups is 2. The van der Waals surface area contributed by atoms with Crippen molar-refractivity contribution in [1.29, 1.82) is 5.41 Å². The number of hydrogen-bond acceptors (Lipinski definition) is 8. The van der Waals surface area contributed by atoms with Crippen LogP contribution in [0, 0.1) is 12.3 Å². The fourth-order valence-electron chi connectivity index (χ4n) is 3.17. The average molecular weight is 467 g/mol. The van der Waals surface area contributed by atoms with Crippen LogP contribution >= 0.6 is 11.8 Å². The van der Waals surface area contributed by atoms with Crippen LogP contribution in [0.2, 0.25) is 0 Å². The maximum atomic E-state index is 12.4. The molecule has 9 nitrogen and oxygen atoms in total. The standard InChI is InChI=1S/C23H22N4O5S/c1-14-4-6-16(7-5-14)31-8-9-32-20-18(29-2)11-15(12-19(20)30-3)10-17-21(24)27-23(26-22(17)28)33-13-25-27/h4-7,10-13,24H,8-9H2,1-3H3/b17-10+,24-21?. The average Bonchev–Trinajstić information content (AvgIpc) is 3.29. The number of ether oxygens (including phenoxy) is 4. The normalized spacial score (nSPS) is 16.0. The molecule has 0 unspecified atom stereocenters. The first-order chi connectivity index (χ1) is 16.0. The van der Waals surface area contributed by atoms with Gasteiger partial charge in [-0.2, -0.15) is 15.1 Å². The lowest BCUT2D eigenvalue weighted by molar-refractivity contribution is -0.114. The summed E-state index contributed by atoms with van der Waals surface area (Å²) >= 11 is 1.19. The molecule has 0 spiro atoms. The van der Waals surface area contributed by atoms with Gasteiger partial charge in [-0.15, -0.1) is 0 Å². The number of rotatable bonds is 8. The second kappa shape index (κ2) is 9.78. The van der Waals surface area contributed by atoms with Gasteiger partial charge in [0.05, 0.1) is 25.3 Å². The molecule has 1 N–H and O–H groups in total. The molecule has 33 heavy (non-hydrogen) atoms. The Labute approximate surface area is 195 Å². The Morgan fingerprint density at radius 3 is 2.39 bits per heavy atom. The van der Waals surface area contributed by atoms with Crippen LogP contribution in [-0.2, 0) is 4.79 Å². The number of hydrogen-bond donors (Lipinski definition) is 1. The van der Waals surface area contributed by atoms with Crippen LogP contribution in [0.25, 0.3) is 6.08 Å². The van der Waals surface area contributed by atoms with Crippen molar-refractivity contribution in [2.24, 2.45) is 10.1 Å². The molecule has 0 radical (unpaired) electrons. The lowest BCUT2D eigenvalue weighted by atomic mass is 10.1. The summed E-state index contributed by atoms with van der Waals surface area (Å²) in [4.78, 5) is 16.4. The molecule has 0 atom stereocenters. The zero-order valence-corrected chi connectivity index (χ0v) is 19.1. The molecule has 170 valence electrons. The van der Waals surface area contributed by atoms with Crippen LogP contribution in [0.1, 0.15) is 11.1 Å². The second-order valence-corrected chi connectivity index (χ2v) is 7.83. The van der Waals surface area contributed by atoms with E-state index in [9.17, 15) is 4.79 Å². The molecule has 2 heterocycles. The van der Waals surface area contributed by atoms with E-state index in [4.69, 9.17) is 24.4 Å². The van der Waals surface area contributed by atoms with Gasteiger partial charge in [0, 0.05) is 0 Å². The number of nitrogens with zero attached hydrogens (tertiary/aromatic N) is 3. The molecule has 2 aliphatic heterocycles. The van der Waals surface area contributed by atoms with Crippen molar-refractivity contribution in [2.45, 2.75) is 6.92 Å². The number of amides is 1. The molecule has 1 amide bonds. The third-order valence-corrected chi connectivity index (χ3v) is 5.48. The lowest BCUT2D eigenvalue weighted by Gasteiger charge is -2.20. The minimum absolute atomic E-state index is 0.0437. The van der Waals surface area contributed by atoms with Gasteiger partial charge in [0.15, 0.2) is 22.5 Å². The van der Waals surface area contributed by atoms with E-state index in [2.05, 4.69) is 10.1 Å². The topological polar surface area (TPSA) is 106 Å². The summed E-state index contributed by atoms with van der Waals surface area (Å²) < 4.78 is 22.6. The Morgan fingerprint density at radius 2 is 1.73 bits per heavy atom. The minimum Gasteiger partial charge on any atom is -0.493 e. The highest BCUT2D eigenvalue weighted by Gasteiger charge is 2.32. The fourth-order valence-corrected chi connectivity index (χ4v) is 3.78. The summed E-state index contributed by atoms with van der Waals surface area (Å²) in [7, 11) is 3.03. The molecule has 0 bridgehead atoms. The Kier molecular flexibility index (Phi) is 6.64. The van der Waals surface area contributed by atoms with Crippen molar-refractivity contribution in [3.05, 3.63) is 53.1 Å². The third-order valence-electron chi connectivity index (χ3n) is 4.81. The summed E-state index contributed by atoms with van der Waals surface area (Å²) in [5.41, 5.74) is 3.40. The first-order valence-corrected chi connectivity index (χ1v) is 10.9. The number of hydrazone groups is 1. The molecule has 4 rings (SSSR count). The van der Waals surface area contributed by atoms with Crippen LogP contribution in [0.15, 0.2) is 52.1 Å². The second-order valence-electron chi connectivity index (χ2n) is 7.02. The van der Waals surface area contributed by atoms with Crippen molar-refractivity contribution >= 4 is 40.3 Å². The maximum Gasteiger partial charge on any atom is 0.283 e. The molecule has 0 saturated heterocycles. The number of aliphatic imine (C=N–C) groups is 1. The quantitative estimate of drug-likeness (QED) is 0.467. The number of carbonyl (C=O) groups is 1. The van der Waals surface area contributed by atoms with Gasteiger partial charge < -0.3 is 18.9 Å². The smallest absolute Gasteiger partial charge is 0.283 e. The predicted octanol–water partition coefficient (Wildman–Crippen LogP) is 3.72. The molecule has 0 aromatic heterocycles. The van der Waals surface area contributed by atoms with E-state index in [0.717, 1.165) is 11.3 Å². The van der Waals surface area contributed by atoms with Crippen LogP contribution in [0.4, 0.5) is 0 Å². The van der Waals surface area contributed by atoms with Gasteiger partial charge in [-0.25, -0.2) is 0 Å². The highest BCUT2D eigenvalue weighted by Crippen LogP contribution is 2.39. The summed E-state index contributed by atoms with van der Waals surface area (Å²) in [6, 6.07) is 11.2. The van der Waals surface area contributed by atoms with E-state index in [1.165, 1.54) is 36.5 Å². The number of thioether (sulfide) groups is 1. The largest absolute Gasteiger partial charge is 0.493 e. The monoisotopic (exact) mass is 466 g/mol. The predicted molar refractivity (Wildman–Crippen MR) is 128 cm³/mol. The first-order valence-electron chi connectivity index (χ1n) is 10.0. The Balaban J connectivity index is 1.51. The highest BCUT2D eigenvalue weighted by atomic mass is 32.2. The van der Waals surface area contributed by atoms with Gasteiger partial charge in [-0.3, -0.25) is 10.2 Å². The zero-order chi connectivity index (χ0) is 23.4. The van der Waals surface area contributed by atoms with E-state index in [1.807, 2.05) is 31.2 Å². The molecular formula is C23H22N4O5S. The number of carbonyl (C=O) groups excluding carboxylic acids is 1. The van der Waals surface area contributed by atoms with Gasteiger partial charge in [0.1, 0.15) is 19.0 Å². The fraction of sp³-hybridized carbons (Fsp3) is 0.217. The van der Waals surface area contributed by atoms with E-state index in [0.29, 0.717) is 34.6 Å². The first kappa shape index (κ1) is 22.4. The lowest BCUT2D eigenvalue weighted by Crippen LogP contribution is -2.35. The van der Waals surface area contributed by atoms with Crippen LogP contribution < -0.4 is 18.9 Å². The Hall–Kier alpha value is -3.79. The molecule has 0 saturated carbocycles. The number of methoxy groups -OCH3 is 2. The van der Waals surface area contributed by atoms with E-state index in [-0.39, 0.29) is 18.0 Å². The Bertz CT molecular complexity index is 1150. The third kappa shape index (κ3) is 4.85. The number of fused-ring (bicyclic) bond motifs is 1. The van der Waals surface area contributed by atoms with E-state index < -0.39 is 5.91 Å². The van der Waals surface area contributed by atoms with Crippen LogP contribution in [-0.4, -0.2) is 54.9 Å². The van der Waals surface area contributed by atoms with Crippen molar-refractivity contribution in [2.75, 3.05) is 27.4 Å². The van der Waals surface area contributed by atoms with Crippen molar-refractivity contribution in [3.63, 3.8) is 0 Å². The zero-order valence-electron chi connectivity index (χ0n) is 18.3. The van der Waals surface area contributed by atoms with Gasteiger partial charge in [-0.1, -0.05) is 17.7 Å². The molecule has 2 aromatic rings. The molecule has 0 fully saturated rings. The molecule has 2 aromatic carbocycles. The van der Waals surface area contributed by atoms with Gasteiger partial charge in [0.2, 0.25) is 5.75 Å². The Morgan fingerprint density at radius 1 is 1.06 bits per heavy atom. The molecule has 10 heteroatoms. The van der Waals surface area contributed by atoms with Crippen molar-refractivity contribution < 1.29 is 23.7 Å². The van der Waals surface area contributed by atoms with Gasteiger partial charge >= 0.3 is 0 Å². The summed E-state index contributed by atoms with van der Waals surface area (Å²) in [5.74, 6) is 1.47. The van der Waals surface area contributed by atoms with Gasteiger partial charge in [0.25, 0.3) is 5.91 Å². The molecule has 0 aliphatic carbocycles. The van der Waals surface area contributed by atoms with Crippen LogP contribution in [0.5, 0.6) is 23.0 Å². The van der Waals surface area contributed by atoms with E-state index in [1.54, 1.807) is 18.2 Å². The number of aryl methyl sites for hydroxylation is 1. The molecule has 2 aliphatic rings. The maximum absolute atomic E-state index is 12.4. The minimum atomic E-state index is -0.504. The summed E-state index contributed by atoms with van der Waals surface area (Å²) in [6.45, 7) is 2.62. The summed E-state index contributed by atoms with van der Waals surface area (Å²) in [5, 5.41) is 14.1. The molecular weight excluding hydrogens is 444 g/mol. The number of nitrogens with one attached hydrogen (secondary N) is 1.